The maximum atomic E-state index is 14.7. The van der Waals surface area contributed by atoms with E-state index in [1.54, 1.807) is 0 Å². The van der Waals surface area contributed by atoms with Crippen LogP contribution in [0.4, 0.5) is 22.0 Å². The first kappa shape index (κ1) is 24.4. The first-order valence-electron chi connectivity index (χ1n) is 9.53. The van der Waals surface area contributed by atoms with E-state index in [9.17, 15) is 35.2 Å². The molecule has 0 fully saturated rings. The van der Waals surface area contributed by atoms with Gasteiger partial charge in [-0.25, -0.2) is 17.2 Å². The number of rotatable bonds is 6. The molecule has 0 saturated carbocycles. The summed E-state index contributed by atoms with van der Waals surface area (Å²) in [4.78, 5) is 12.4. The van der Waals surface area contributed by atoms with Gasteiger partial charge in [0, 0.05) is 18.2 Å². The van der Waals surface area contributed by atoms with Crippen LogP contribution in [0.3, 0.4) is 0 Å². The highest BCUT2D eigenvalue weighted by molar-refractivity contribution is 7.90. The number of amides is 1. The third-order valence-electron chi connectivity index (χ3n) is 4.70. The van der Waals surface area contributed by atoms with Crippen molar-refractivity contribution in [3.8, 4) is 5.75 Å². The molecule has 1 aliphatic rings. The molecule has 1 N–H and O–H groups in total. The van der Waals surface area contributed by atoms with Gasteiger partial charge < -0.3 is 10.1 Å². The van der Waals surface area contributed by atoms with Crippen LogP contribution in [0.2, 0.25) is 0 Å². The number of hydrogen-bond donors (Lipinski definition) is 1. The molecule has 1 unspecified atom stereocenters. The normalized spacial score (nSPS) is 16.9. The van der Waals surface area contributed by atoms with E-state index in [0.29, 0.717) is 5.56 Å². The summed E-state index contributed by atoms with van der Waals surface area (Å²) in [5.74, 6) is -3.51. The van der Waals surface area contributed by atoms with E-state index >= 15 is 0 Å². The number of para-hydroxylation sites is 1. The van der Waals surface area contributed by atoms with Crippen molar-refractivity contribution in [2.45, 2.75) is 30.1 Å². The van der Waals surface area contributed by atoms with Crippen molar-refractivity contribution in [2.75, 3.05) is 6.26 Å². The van der Waals surface area contributed by atoms with Crippen LogP contribution in [0.5, 0.6) is 5.75 Å². The van der Waals surface area contributed by atoms with E-state index in [4.69, 9.17) is 0 Å². The number of benzene rings is 2. The molecule has 1 aliphatic carbocycles. The molecule has 1 amide bonds. The predicted molar refractivity (Wildman–Crippen MR) is 110 cm³/mol. The summed E-state index contributed by atoms with van der Waals surface area (Å²) in [6, 6.07) is 9.11. The number of hydrogen-bond acceptors (Lipinski definition) is 4. The molecule has 2 aromatic carbocycles. The lowest BCUT2D eigenvalue weighted by atomic mass is 9.94. The Labute approximate surface area is 186 Å². The Morgan fingerprint density at radius 1 is 1.09 bits per heavy atom. The summed E-state index contributed by atoms with van der Waals surface area (Å²) in [6.07, 6.45) is -3.73. The number of halogens is 5. The molecule has 0 radical (unpaired) electrons. The number of sulfone groups is 1. The smallest absolute Gasteiger partial charge is 0.405 e. The maximum Gasteiger partial charge on any atom is 0.573 e. The molecular weight excluding hydrogens is 469 g/mol. The fourth-order valence-corrected chi connectivity index (χ4v) is 3.93. The average Bonchev–Trinajstić information content (AvgIpc) is 2.67. The fourth-order valence-electron chi connectivity index (χ4n) is 3.30. The first-order chi connectivity index (χ1) is 15.3. The van der Waals surface area contributed by atoms with Crippen LogP contribution in [0, 0.1) is 0 Å². The van der Waals surface area contributed by atoms with Gasteiger partial charge in [0.15, 0.2) is 9.84 Å². The van der Waals surface area contributed by atoms with E-state index in [1.165, 1.54) is 36.4 Å². The summed E-state index contributed by atoms with van der Waals surface area (Å²) >= 11 is 0. The Balaban J connectivity index is 1.72. The van der Waals surface area contributed by atoms with Gasteiger partial charge in [0.2, 0.25) is 5.91 Å². The number of nitrogens with one attached hydrogen (secondary N) is 1. The van der Waals surface area contributed by atoms with E-state index in [0.717, 1.165) is 24.5 Å². The van der Waals surface area contributed by atoms with E-state index in [1.807, 2.05) is 0 Å². The molecule has 0 aromatic heterocycles. The summed E-state index contributed by atoms with van der Waals surface area (Å²) < 4.78 is 94.2. The Morgan fingerprint density at radius 3 is 2.30 bits per heavy atom. The van der Waals surface area contributed by atoms with E-state index < -0.39 is 63.1 Å². The van der Waals surface area contributed by atoms with Gasteiger partial charge in [0.25, 0.3) is 0 Å². The van der Waals surface area contributed by atoms with Crippen LogP contribution in [0.1, 0.15) is 17.5 Å². The van der Waals surface area contributed by atoms with E-state index in [-0.39, 0.29) is 11.3 Å². The van der Waals surface area contributed by atoms with Crippen molar-refractivity contribution in [3.63, 3.8) is 0 Å². The van der Waals surface area contributed by atoms with Crippen molar-refractivity contribution >= 4 is 21.3 Å². The zero-order chi connectivity index (χ0) is 24.4. The largest absolute Gasteiger partial charge is 0.573 e. The molecule has 5 nitrogen and oxygen atoms in total. The minimum atomic E-state index is -5.04. The van der Waals surface area contributed by atoms with Gasteiger partial charge in [-0.05, 0) is 29.8 Å². The molecule has 0 aliphatic heterocycles. The van der Waals surface area contributed by atoms with Gasteiger partial charge in [0.1, 0.15) is 17.4 Å². The van der Waals surface area contributed by atoms with Gasteiger partial charge in [0.05, 0.1) is 22.9 Å². The molecule has 176 valence electrons. The molecule has 0 heterocycles. The van der Waals surface area contributed by atoms with Crippen LogP contribution in [-0.4, -0.2) is 33.0 Å². The van der Waals surface area contributed by atoms with Crippen LogP contribution >= 0.6 is 0 Å². The second kappa shape index (κ2) is 9.34. The number of ether oxygens (including phenoxy) is 1. The van der Waals surface area contributed by atoms with Crippen molar-refractivity contribution in [1.82, 2.24) is 5.32 Å². The molecular formula is C22H18F5NO4S. The summed E-state index contributed by atoms with van der Waals surface area (Å²) in [5, 5.41) is 2.44. The Hall–Kier alpha value is -3.21. The van der Waals surface area contributed by atoms with Gasteiger partial charge in [-0.1, -0.05) is 30.3 Å². The van der Waals surface area contributed by atoms with Crippen molar-refractivity contribution in [2.24, 2.45) is 0 Å². The monoisotopic (exact) mass is 487 g/mol. The summed E-state index contributed by atoms with van der Waals surface area (Å²) in [6.45, 7) is 0. The predicted octanol–water partition coefficient (Wildman–Crippen LogP) is 4.65. The Morgan fingerprint density at radius 2 is 1.73 bits per heavy atom. The van der Waals surface area contributed by atoms with Crippen LogP contribution < -0.4 is 10.1 Å². The molecule has 3 rings (SSSR count). The minimum absolute atomic E-state index is 0.0819. The van der Waals surface area contributed by atoms with Crippen molar-refractivity contribution in [1.29, 1.82) is 0 Å². The summed E-state index contributed by atoms with van der Waals surface area (Å²) in [5.41, 5.74) is -0.594. The third-order valence-corrected chi connectivity index (χ3v) is 5.83. The van der Waals surface area contributed by atoms with Gasteiger partial charge in [-0.15, -0.1) is 13.2 Å². The number of carbonyl (C=O) groups is 1. The lowest BCUT2D eigenvalue weighted by molar-refractivity contribution is -0.274. The van der Waals surface area contributed by atoms with Gasteiger partial charge >= 0.3 is 6.36 Å². The molecule has 33 heavy (non-hydrogen) atoms. The molecule has 1 atom stereocenters. The summed E-state index contributed by atoms with van der Waals surface area (Å²) in [7, 11) is -3.39. The lowest BCUT2D eigenvalue weighted by Gasteiger charge is -2.22. The van der Waals surface area contributed by atoms with Crippen LogP contribution in [0.15, 0.2) is 71.2 Å². The average molecular weight is 487 g/mol. The maximum absolute atomic E-state index is 14.7. The Bertz CT molecular complexity index is 1220. The third kappa shape index (κ3) is 6.41. The molecule has 0 saturated heterocycles. The minimum Gasteiger partial charge on any atom is -0.405 e. The highest BCUT2D eigenvalue weighted by atomic mass is 32.2. The lowest BCUT2D eigenvalue weighted by Crippen LogP contribution is -2.36. The molecule has 2 aromatic rings. The number of allylic oxidation sites excluding steroid dienone is 2. The van der Waals surface area contributed by atoms with Gasteiger partial charge in [-0.2, -0.15) is 0 Å². The highest BCUT2D eigenvalue weighted by Crippen LogP contribution is 2.40. The zero-order valence-electron chi connectivity index (χ0n) is 17.1. The van der Waals surface area contributed by atoms with Crippen LogP contribution in [-0.2, 0) is 21.1 Å². The standard InChI is InChI=1S/C22H18F5NO4S/c1-33(30,31)15-8-6-13(7-9-15)10-20(29)28-14-11-17(23)21(18(24)12-14)16-4-2-3-5-19(16)32-22(25,26)27/h2-9,11,14H,10,12H2,1H3,(H,28,29). The molecule has 0 bridgehead atoms. The SMILES string of the molecule is CS(=O)(=O)c1ccc(CC(=O)NC2C=C(F)C(c3ccccc3OC(F)(F)F)=C(F)C2)cc1. The highest BCUT2D eigenvalue weighted by Gasteiger charge is 2.34. The second-order valence-electron chi connectivity index (χ2n) is 7.31. The zero-order valence-corrected chi connectivity index (χ0v) is 17.9. The fraction of sp³-hybridized carbons (Fsp3) is 0.227. The number of carbonyl (C=O) groups excluding carboxylic acids is 1. The van der Waals surface area contributed by atoms with Crippen molar-refractivity contribution < 1.29 is 39.9 Å². The molecule has 0 spiro atoms. The Kier molecular flexibility index (Phi) is 6.92. The van der Waals surface area contributed by atoms with Crippen molar-refractivity contribution in [3.05, 3.63) is 77.4 Å². The quantitative estimate of drug-likeness (QED) is 0.602. The topological polar surface area (TPSA) is 72.5 Å². The number of alkyl halides is 3. The van der Waals surface area contributed by atoms with Gasteiger partial charge in [-0.3, -0.25) is 4.79 Å². The first-order valence-corrected chi connectivity index (χ1v) is 11.4. The van der Waals surface area contributed by atoms with Crippen LogP contribution in [0.25, 0.3) is 5.57 Å². The molecule has 11 heteroatoms. The van der Waals surface area contributed by atoms with E-state index in [2.05, 4.69) is 10.1 Å². The second-order valence-corrected chi connectivity index (χ2v) is 9.33.